The largest absolute Gasteiger partial charge is 0.349 e. The summed E-state index contributed by atoms with van der Waals surface area (Å²) >= 11 is 0. The predicted molar refractivity (Wildman–Crippen MR) is 108 cm³/mol. The number of hydrogen-bond donors (Lipinski definition) is 4. The fourth-order valence-electron chi connectivity index (χ4n) is 4.03. The van der Waals surface area contributed by atoms with Crippen molar-refractivity contribution in [3.05, 3.63) is 29.8 Å². The molecule has 4 rings (SSSR count). The molecule has 1 heterocycles. The Balaban J connectivity index is 0.00000210. The minimum Gasteiger partial charge on any atom is -0.349 e. The summed E-state index contributed by atoms with van der Waals surface area (Å²) in [5, 5.41) is 12.3. The van der Waals surface area contributed by atoms with E-state index in [1.807, 2.05) is 31.2 Å². The Morgan fingerprint density at radius 2 is 1.81 bits per heavy atom. The average Bonchev–Trinajstić information content (AvgIpc) is 3.55. The van der Waals surface area contributed by atoms with Gasteiger partial charge < -0.3 is 21.3 Å². The van der Waals surface area contributed by atoms with E-state index in [2.05, 4.69) is 21.3 Å². The number of nitrogens with one attached hydrogen (secondary N) is 4. The second kappa shape index (κ2) is 8.07. The van der Waals surface area contributed by atoms with Gasteiger partial charge in [0.1, 0.15) is 0 Å². The molecule has 148 valence electrons. The molecule has 0 aromatic heterocycles. The van der Waals surface area contributed by atoms with Crippen molar-refractivity contribution in [2.75, 3.05) is 18.4 Å². The van der Waals surface area contributed by atoms with Crippen molar-refractivity contribution in [3.63, 3.8) is 0 Å². The molecule has 0 radical (unpaired) electrons. The summed E-state index contributed by atoms with van der Waals surface area (Å²) in [5.41, 5.74) is 2.07. The predicted octanol–water partition coefficient (Wildman–Crippen LogP) is 2.96. The van der Waals surface area contributed by atoms with Crippen LogP contribution in [0.2, 0.25) is 0 Å². The highest BCUT2D eigenvalue weighted by molar-refractivity contribution is 5.89. The summed E-state index contributed by atoms with van der Waals surface area (Å²) in [6.07, 6.45) is 5.41. The van der Waals surface area contributed by atoms with Gasteiger partial charge in [-0.3, -0.25) is 4.79 Å². The van der Waals surface area contributed by atoms with Crippen molar-refractivity contribution >= 4 is 30.0 Å². The van der Waals surface area contributed by atoms with Crippen molar-refractivity contribution in [2.24, 2.45) is 11.3 Å². The van der Waals surface area contributed by atoms with Gasteiger partial charge in [0.25, 0.3) is 0 Å². The zero-order valence-corrected chi connectivity index (χ0v) is 16.5. The number of benzene rings is 1. The summed E-state index contributed by atoms with van der Waals surface area (Å²) in [7, 11) is 0. The van der Waals surface area contributed by atoms with Gasteiger partial charge >= 0.3 is 6.03 Å². The van der Waals surface area contributed by atoms with Gasteiger partial charge in [-0.25, -0.2) is 4.79 Å². The molecule has 1 aromatic carbocycles. The van der Waals surface area contributed by atoms with E-state index in [1.165, 1.54) is 0 Å². The van der Waals surface area contributed by atoms with Gasteiger partial charge in [-0.1, -0.05) is 12.1 Å². The number of hydrogen-bond acceptors (Lipinski definition) is 3. The number of piperidine rings is 1. The quantitative estimate of drug-likeness (QED) is 0.621. The summed E-state index contributed by atoms with van der Waals surface area (Å²) in [6.45, 7) is 4.07. The number of amides is 3. The molecule has 27 heavy (non-hydrogen) atoms. The molecule has 1 saturated heterocycles. The molecule has 3 fully saturated rings. The van der Waals surface area contributed by atoms with Gasteiger partial charge in [-0.05, 0) is 75.2 Å². The number of urea groups is 1. The molecule has 2 aliphatic carbocycles. The van der Waals surface area contributed by atoms with Crippen LogP contribution in [0.1, 0.15) is 50.6 Å². The smallest absolute Gasteiger partial charge is 0.319 e. The second-order valence-corrected chi connectivity index (χ2v) is 8.09. The number of anilines is 1. The van der Waals surface area contributed by atoms with Crippen LogP contribution in [0, 0.1) is 11.3 Å². The van der Waals surface area contributed by atoms with Crippen LogP contribution >= 0.6 is 12.4 Å². The van der Waals surface area contributed by atoms with E-state index in [4.69, 9.17) is 0 Å². The Hall–Kier alpha value is -1.79. The maximum Gasteiger partial charge on any atom is 0.319 e. The molecule has 1 aromatic rings. The number of carbonyl (C=O) groups is 2. The van der Waals surface area contributed by atoms with Gasteiger partial charge in [0.2, 0.25) is 5.91 Å². The normalized spacial score (nSPS) is 23.7. The standard InChI is InChI=1S/C20H28N4O2.ClH/c1-13(22-18(25)17-12-20(17)8-10-21-11-9-20)14-2-4-15(5-3-14)23-19(26)24-16-6-7-16;/h2-5,13,16-17,21H,6-12H2,1H3,(H,22,25)(H2,23,24,26);1H. The maximum atomic E-state index is 12.6. The molecule has 4 N–H and O–H groups in total. The number of carbonyl (C=O) groups excluding carboxylic acids is 2. The van der Waals surface area contributed by atoms with Crippen LogP contribution in [0.4, 0.5) is 10.5 Å². The van der Waals surface area contributed by atoms with Gasteiger partial charge in [0.05, 0.1) is 6.04 Å². The van der Waals surface area contributed by atoms with Crippen LogP contribution < -0.4 is 21.3 Å². The van der Waals surface area contributed by atoms with Gasteiger partial charge in [0, 0.05) is 17.6 Å². The molecular weight excluding hydrogens is 364 g/mol. The van der Waals surface area contributed by atoms with E-state index < -0.39 is 0 Å². The van der Waals surface area contributed by atoms with Crippen LogP contribution in [0.3, 0.4) is 0 Å². The Kier molecular flexibility index (Phi) is 5.96. The lowest BCUT2D eigenvalue weighted by atomic mass is 9.91. The first-order chi connectivity index (χ1) is 12.6. The molecule has 2 atom stereocenters. The first kappa shape index (κ1) is 20.0. The second-order valence-electron chi connectivity index (χ2n) is 8.09. The van der Waals surface area contributed by atoms with E-state index in [0.29, 0.717) is 6.04 Å². The summed E-state index contributed by atoms with van der Waals surface area (Å²) in [5.74, 6) is 0.365. The molecule has 3 aliphatic rings. The SMILES string of the molecule is CC(NC(=O)C1CC12CCNCC2)c1ccc(NC(=O)NC2CC2)cc1.Cl. The van der Waals surface area contributed by atoms with E-state index in [0.717, 1.165) is 56.4 Å². The Morgan fingerprint density at radius 3 is 2.44 bits per heavy atom. The van der Waals surface area contributed by atoms with E-state index >= 15 is 0 Å². The average molecular weight is 393 g/mol. The minimum absolute atomic E-state index is 0. The molecule has 0 bridgehead atoms. The first-order valence-corrected chi connectivity index (χ1v) is 9.74. The molecule has 2 saturated carbocycles. The topological polar surface area (TPSA) is 82.3 Å². The third-order valence-corrected chi connectivity index (χ3v) is 6.05. The zero-order valence-electron chi connectivity index (χ0n) is 15.7. The zero-order chi connectivity index (χ0) is 18.1. The fourth-order valence-corrected chi connectivity index (χ4v) is 4.03. The lowest BCUT2D eigenvalue weighted by molar-refractivity contribution is -0.123. The highest BCUT2D eigenvalue weighted by atomic mass is 35.5. The van der Waals surface area contributed by atoms with Crippen molar-refractivity contribution in [1.29, 1.82) is 0 Å². The Labute approximate surface area is 166 Å². The molecule has 3 amide bonds. The third-order valence-electron chi connectivity index (χ3n) is 6.05. The molecule has 1 spiro atoms. The van der Waals surface area contributed by atoms with Gasteiger partial charge in [-0.15, -0.1) is 12.4 Å². The monoisotopic (exact) mass is 392 g/mol. The van der Waals surface area contributed by atoms with E-state index in [1.54, 1.807) is 0 Å². The van der Waals surface area contributed by atoms with Crippen LogP contribution in [-0.4, -0.2) is 31.1 Å². The fraction of sp³-hybridized carbons (Fsp3) is 0.600. The summed E-state index contributed by atoms with van der Waals surface area (Å²) in [4.78, 5) is 24.4. The summed E-state index contributed by atoms with van der Waals surface area (Å²) in [6, 6.07) is 7.86. The van der Waals surface area contributed by atoms with E-state index in [-0.39, 0.29) is 41.7 Å². The van der Waals surface area contributed by atoms with Crippen LogP contribution in [-0.2, 0) is 4.79 Å². The highest BCUT2D eigenvalue weighted by Gasteiger charge is 2.57. The van der Waals surface area contributed by atoms with Crippen molar-refractivity contribution in [2.45, 2.75) is 51.1 Å². The minimum atomic E-state index is -0.150. The van der Waals surface area contributed by atoms with E-state index in [9.17, 15) is 9.59 Å². The van der Waals surface area contributed by atoms with Crippen molar-refractivity contribution in [1.82, 2.24) is 16.0 Å². The van der Waals surface area contributed by atoms with Crippen molar-refractivity contribution in [3.8, 4) is 0 Å². The lowest BCUT2D eigenvalue weighted by Crippen LogP contribution is -2.34. The first-order valence-electron chi connectivity index (χ1n) is 9.74. The van der Waals surface area contributed by atoms with Crippen LogP contribution in [0.25, 0.3) is 0 Å². The maximum absolute atomic E-state index is 12.6. The van der Waals surface area contributed by atoms with Gasteiger partial charge in [0.15, 0.2) is 0 Å². The lowest BCUT2D eigenvalue weighted by Gasteiger charge is -2.24. The number of rotatable bonds is 5. The van der Waals surface area contributed by atoms with Crippen LogP contribution in [0.5, 0.6) is 0 Å². The molecule has 6 nitrogen and oxygen atoms in total. The van der Waals surface area contributed by atoms with Crippen molar-refractivity contribution < 1.29 is 9.59 Å². The molecule has 7 heteroatoms. The third kappa shape index (κ3) is 4.74. The Morgan fingerprint density at radius 1 is 1.15 bits per heavy atom. The van der Waals surface area contributed by atoms with Gasteiger partial charge in [-0.2, -0.15) is 0 Å². The molecule has 1 aliphatic heterocycles. The summed E-state index contributed by atoms with van der Waals surface area (Å²) < 4.78 is 0. The van der Waals surface area contributed by atoms with Crippen LogP contribution in [0.15, 0.2) is 24.3 Å². The Bertz CT molecular complexity index is 684. The highest BCUT2D eigenvalue weighted by Crippen LogP contribution is 2.58. The molecule has 2 unspecified atom stereocenters. The molecular formula is C20H29ClN4O2. The number of halogens is 1.